The third-order valence-electron chi connectivity index (χ3n) is 6.31. The fourth-order valence-electron chi connectivity index (χ4n) is 4.49. The highest BCUT2D eigenvalue weighted by atomic mass is 16.2. The minimum Gasteiger partial charge on any atom is -0.343 e. The van der Waals surface area contributed by atoms with E-state index < -0.39 is 0 Å². The van der Waals surface area contributed by atoms with Gasteiger partial charge in [-0.1, -0.05) is 36.8 Å². The van der Waals surface area contributed by atoms with Crippen LogP contribution in [0.2, 0.25) is 0 Å². The average Bonchev–Trinajstić information content (AvgIpc) is 3.01. The van der Waals surface area contributed by atoms with Crippen LogP contribution in [-0.4, -0.2) is 47.4 Å². The minimum atomic E-state index is 0.226. The summed E-state index contributed by atoms with van der Waals surface area (Å²) in [4.78, 5) is 17.2. The van der Waals surface area contributed by atoms with Crippen molar-refractivity contribution < 1.29 is 4.79 Å². The summed E-state index contributed by atoms with van der Waals surface area (Å²) in [6.07, 6.45) is 6.14. The van der Waals surface area contributed by atoms with Gasteiger partial charge in [-0.25, -0.2) is 0 Å². The normalized spacial score (nSPS) is 30.4. The van der Waals surface area contributed by atoms with E-state index in [1.54, 1.807) is 0 Å². The van der Waals surface area contributed by atoms with E-state index in [4.69, 9.17) is 5.73 Å². The first kappa shape index (κ1) is 18.4. The van der Waals surface area contributed by atoms with Gasteiger partial charge < -0.3 is 10.6 Å². The Morgan fingerprint density at radius 1 is 1.24 bits per heavy atom. The van der Waals surface area contributed by atoms with Crippen LogP contribution in [-0.2, 0) is 11.3 Å². The van der Waals surface area contributed by atoms with Crippen LogP contribution < -0.4 is 5.73 Å². The Balaban J connectivity index is 1.50. The number of piperidine rings is 1. The molecule has 0 bridgehead atoms. The topological polar surface area (TPSA) is 49.6 Å². The maximum Gasteiger partial charge on any atom is 0.222 e. The number of carbonyl (C=O) groups is 1. The molecule has 4 nitrogen and oxygen atoms in total. The number of hydrogen-bond acceptors (Lipinski definition) is 3. The van der Waals surface area contributed by atoms with Crippen molar-refractivity contribution in [3.8, 4) is 0 Å². The molecule has 1 aromatic rings. The molecule has 1 aromatic carbocycles. The zero-order valence-corrected chi connectivity index (χ0v) is 15.7. The number of nitrogens with two attached hydrogens (primary N) is 1. The van der Waals surface area contributed by atoms with Gasteiger partial charge in [-0.2, -0.15) is 0 Å². The van der Waals surface area contributed by atoms with E-state index in [1.165, 1.54) is 12.0 Å². The third kappa shape index (κ3) is 4.62. The fourth-order valence-corrected chi connectivity index (χ4v) is 4.49. The van der Waals surface area contributed by atoms with Gasteiger partial charge in [-0.15, -0.1) is 0 Å². The van der Waals surface area contributed by atoms with Gasteiger partial charge in [0.1, 0.15) is 0 Å². The van der Waals surface area contributed by atoms with Gasteiger partial charge in [0.2, 0.25) is 5.91 Å². The molecule has 2 fully saturated rings. The van der Waals surface area contributed by atoms with Crippen molar-refractivity contribution in [3.63, 3.8) is 0 Å². The number of benzene rings is 1. The molecule has 0 radical (unpaired) electrons. The number of hydrogen-bond donors (Lipinski definition) is 1. The summed E-state index contributed by atoms with van der Waals surface area (Å²) in [5.74, 6) is 0.682. The number of nitrogens with zero attached hydrogens (tertiary/aromatic N) is 2. The van der Waals surface area contributed by atoms with Crippen molar-refractivity contribution in [1.82, 2.24) is 9.80 Å². The third-order valence-corrected chi connectivity index (χ3v) is 6.31. The molecule has 25 heavy (non-hydrogen) atoms. The van der Waals surface area contributed by atoms with Gasteiger partial charge in [0.15, 0.2) is 0 Å². The van der Waals surface area contributed by atoms with Crippen LogP contribution in [0.25, 0.3) is 0 Å². The van der Waals surface area contributed by atoms with E-state index in [9.17, 15) is 4.79 Å². The van der Waals surface area contributed by atoms with E-state index in [-0.39, 0.29) is 11.9 Å². The largest absolute Gasteiger partial charge is 0.343 e. The van der Waals surface area contributed by atoms with Crippen LogP contribution in [0.15, 0.2) is 30.3 Å². The molecule has 1 heterocycles. The maximum absolute atomic E-state index is 12.7. The summed E-state index contributed by atoms with van der Waals surface area (Å²) in [6, 6.07) is 11.8. The van der Waals surface area contributed by atoms with E-state index in [1.807, 2.05) is 11.9 Å². The van der Waals surface area contributed by atoms with Crippen molar-refractivity contribution in [2.75, 3.05) is 13.6 Å². The zero-order chi connectivity index (χ0) is 17.8. The summed E-state index contributed by atoms with van der Waals surface area (Å²) < 4.78 is 0. The number of carbonyl (C=O) groups excluding carboxylic acids is 1. The van der Waals surface area contributed by atoms with E-state index in [2.05, 4.69) is 42.2 Å². The van der Waals surface area contributed by atoms with E-state index in [0.717, 1.165) is 38.8 Å². The Morgan fingerprint density at radius 3 is 2.64 bits per heavy atom. The Labute approximate surface area is 152 Å². The lowest BCUT2D eigenvalue weighted by atomic mass is 9.94. The summed E-state index contributed by atoms with van der Waals surface area (Å²) in [5.41, 5.74) is 7.51. The van der Waals surface area contributed by atoms with Crippen LogP contribution >= 0.6 is 0 Å². The predicted octanol–water partition coefficient (Wildman–Crippen LogP) is 3.02. The molecule has 2 aliphatic rings. The smallest absolute Gasteiger partial charge is 0.222 e. The quantitative estimate of drug-likeness (QED) is 0.894. The van der Waals surface area contributed by atoms with Gasteiger partial charge >= 0.3 is 0 Å². The highest BCUT2D eigenvalue weighted by molar-refractivity contribution is 5.76. The summed E-state index contributed by atoms with van der Waals surface area (Å²) in [6.45, 7) is 4.35. The van der Waals surface area contributed by atoms with Crippen LogP contribution in [0.4, 0.5) is 0 Å². The molecule has 1 saturated carbocycles. The maximum atomic E-state index is 12.7. The van der Waals surface area contributed by atoms with Gasteiger partial charge in [-0.05, 0) is 44.1 Å². The fraction of sp³-hybridized carbons (Fsp3) is 0.667. The molecule has 0 spiro atoms. The molecule has 2 unspecified atom stereocenters. The molecular weight excluding hydrogens is 310 g/mol. The van der Waals surface area contributed by atoms with Crippen LogP contribution in [0.5, 0.6) is 0 Å². The lowest BCUT2D eigenvalue weighted by Crippen LogP contribution is -2.49. The first-order chi connectivity index (χ1) is 12.0. The molecule has 0 aromatic heterocycles. The van der Waals surface area contributed by atoms with Crippen LogP contribution in [0, 0.1) is 5.92 Å². The zero-order valence-electron chi connectivity index (χ0n) is 15.7. The Hall–Kier alpha value is -1.39. The van der Waals surface area contributed by atoms with E-state index >= 15 is 0 Å². The number of rotatable bonds is 5. The molecule has 2 N–H and O–H groups in total. The summed E-state index contributed by atoms with van der Waals surface area (Å²) in [7, 11) is 1.99. The minimum absolute atomic E-state index is 0.226. The Kier molecular flexibility index (Phi) is 6.13. The second-order valence-corrected chi connectivity index (χ2v) is 8.05. The standard InChI is InChI=1S/C21H33N3O/c1-16-13-19(11-12-24(16)15-17-7-4-3-5-8-17)23(2)21(25)14-18-9-6-10-20(18)22/h3-5,7-8,16,18-20H,6,9-15,22H2,1-2H3/t16?,18-,19?,20+/m0/s1. The first-order valence-electron chi connectivity index (χ1n) is 9.84. The summed E-state index contributed by atoms with van der Waals surface area (Å²) in [5, 5.41) is 0. The molecule has 4 heteroatoms. The molecule has 1 saturated heterocycles. The number of likely N-dealkylation sites (tertiary alicyclic amines) is 1. The van der Waals surface area contributed by atoms with Gasteiger partial charge in [0, 0.05) is 44.7 Å². The van der Waals surface area contributed by atoms with Gasteiger partial charge in [0.05, 0.1) is 0 Å². The Morgan fingerprint density at radius 2 is 2.00 bits per heavy atom. The molecule has 3 rings (SSSR count). The molecular formula is C21H33N3O. The average molecular weight is 344 g/mol. The molecule has 1 aliphatic heterocycles. The van der Waals surface area contributed by atoms with Crippen LogP contribution in [0.3, 0.4) is 0 Å². The molecule has 138 valence electrons. The van der Waals surface area contributed by atoms with Crippen LogP contribution in [0.1, 0.15) is 51.0 Å². The molecule has 1 amide bonds. The number of amides is 1. The highest BCUT2D eigenvalue weighted by Crippen LogP contribution is 2.29. The Bertz CT molecular complexity index is 562. The second kappa shape index (κ2) is 8.33. The van der Waals surface area contributed by atoms with Crippen molar-refractivity contribution in [3.05, 3.63) is 35.9 Å². The van der Waals surface area contributed by atoms with Crippen molar-refractivity contribution in [1.29, 1.82) is 0 Å². The molecule has 4 atom stereocenters. The lowest BCUT2D eigenvalue weighted by molar-refractivity contribution is -0.134. The second-order valence-electron chi connectivity index (χ2n) is 8.05. The van der Waals surface area contributed by atoms with Gasteiger partial charge in [-0.3, -0.25) is 9.69 Å². The predicted molar refractivity (Wildman–Crippen MR) is 102 cm³/mol. The SMILES string of the molecule is CC1CC(N(C)C(=O)C[C@@H]2CCC[C@H]2N)CCN1Cc1ccccc1. The first-order valence-corrected chi connectivity index (χ1v) is 9.84. The van der Waals surface area contributed by atoms with E-state index in [0.29, 0.717) is 24.4 Å². The summed E-state index contributed by atoms with van der Waals surface area (Å²) >= 11 is 0. The van der Waals surface area contributed by atoms with Crippen molar-refractivity contribution in [2.24, 2.45) is 11.7 Å². The lowest BCUT2D eigenvalue weighted by Gasteiger charge is -2.41. The monoisotopic (exact) mass is 343 g/mol. The molecule has 1 aliphatic carbocycles. The van der Waals surface area contributed by atoms with Crippen molar-refractivity contribution >= 4 is 5.91 Å². The van der Waals surface area contributed by atoms with Crippen molar-refractivity contribution in [2.45, 2.75) is 70.1 Å². The highest BCUT2D eigenvalue weighted by Gasteiger charge is 2.32. The van der Waals surface area contributed by atoms with Gasteiger partial charge in [0.25, 0.3) is 0 Å².